The minimum Gasteiger partial charge on any atom is -0.341 e. The number of anilines is 4. The van der Waals surface area contributed by atoms with Crippen molar-refractivity contribution in [1.29, 1.82) is 0 Å². The van der Waals surface area contributed by atoms with Gasteiger partial charge in [0.15, 0.2) is 0 Å². The maximum atomic E-state index is 2.55. The van der Waals surface area contributed by atoms with Gasteiger partial charge >= 0.3 is 0 Å². The molecule has 2 nitrogen and oxygen atoms in total. The zero-order valence-electron chi connectivity index (χ0n) is 28.2. The lowest BCUT2D eigenvalue weighted by molar-refractivity contribution is 1.20. The molecule has 49 heavy (non-hydrogen) atoms. The molecule has 0 amide bonds. The molecule has 0 spiro atoms. The summed E-state index contributed by atoms with van der Waals surface area (Å²) in [5.74, 6) is 0. The second-order valence-electron chi connectivity index (χ2n) is 13.4. The molecule has 238 valence electrons. The summed E-state index contributed by atoms with van der Waals surface area (Å²) in [6, 6.07) is 50.9. The average molecular weight is 670 g/mol. The van der Waals surface area contributed by atoms with Crippen molar-refractivity contribution in [3.8, 4) is 0 Å². The van der Waals surface area contributed by atoms with Gasteiger partial charge in [0.1, 0.15) is 23.2 Å². The molecule has 3 aliphatic rings. The first-order valence-corrected chi connectivity index (χ1v) is 20.7. The van der Waals surface area contributed by atoms with Crippen molar-refractivity contribution in [2.45, 2.75) is 12.8 Å². The Balaban J connectivity index is 1.45. The van der Waals surface area contributed by atoms with Crippen molar-refractivity contribution in [2.24, 2.45) is 0 Å². The average Bonchev–Trinajstić information content (AvgIpc) is 3.83. The number of fused-ring (bicyclic) bond motifs is 6. The number of para-hydroxylation sites is 2. The molecule has 0 aromatic heterocycles. The first-order valence-electron chi connectivity index (χ1n) is 17.1. The third-order valence-electron chi connectivity index (χ3n) is 10.7. The van der Waals surface area contributed by atoms with Crippen LogP contribution in [0.4, 0.5) is 22.7 Å². The highest BCUT2D eigenvalue weighted by Crippen LogP contribution is 2.57. The van der Waals surface area contributed by atoms with Crippen LogP contribution in [0.2, 0.25) is 0 Å². The van der Waals surface area contributed by atoms with E-state index in [0.717, 1.165) is 12.8 Å². The Morgan fingerprint density at radius 1 is 0.510 bits per heavy atom. The fourth-order valence-corrected chi connectivity index (χ4v) is 14.5. The molecule has 0 saturated heterocycles. The van der Waals surface area contributed by atoms with Gasteiger partial charge in [-0.25, -0.2) is 0 Å². The Morgan fingerprint density at radius 3 is 1.86 bits per heavy atom. The van der Waals surface area contributed by atoms with Gasteiger partial charge in [-0.3, -0.25) is 0 Å². The van der Waals surface area contributed by atoms with Crippen molar-refractivity contribution < 1.29 is 0 Å². The first-order chi connectivity index (χ1) is 24.0. The lowest BCUT2D eigenvalue weighted by Crippen LogP contribution is -2.38. The molecule has 9 rings (SSSR count). The summed E-state index contributed by atoms with van der Waals surface area (Å²) in [5, 5.41) is 8.36. The van der Waals surface area contributed by atoms with E-state index in [-0.39, 0.29) is 0 Å². The van der Waals surface area contributed by atoms with Gasteiger partial charge in [0.2, 0.25) is 0 Å². The topological polar surface area (TPSA) is 6.48 Å². The molecule has 2 unspecified atom stereocenters. The van der Waals surface area contributed by atoms with Gasteiger partial charge in [-0.05, 0) is 103 Å². The summed E-state index contributed by atoms with van der Waals surface area (Å²) in [7, 11) is 1.49. The van der Waals surface area contributed by atoms with Gasteiger partial charge in [0, 0.05) is 36.1 Å². The zero-order chi connectivity index (χ0) is 33.1. The Hall–Kier alpha value is -4.74. The predicted molar refractivity (Wildman–Crippen MR) is 218 cm³/mol. The standard InChI is InChI=1S/C45H39N2P2/c1-46-38-24-10-12-26-42(38)48(36-20-6-4-7-21-36)43-30-34-18-14-16-32(34)28-40(43)47(2)41-29-33-17-15-19-35(33)31-45(41)49(3,37-22-8-5-9-23-37)44-27-13-11-25-39(44)46/h4-16,19-31H,17-18H2,1-3H3/q+1. The van der Waals surface area contributed by atoms with Crippen LogP contribution in [0, 0.1) is 0 Å². The van der Waals surface area contributed by atoms with Crippen LogP contribution in [0.1, 0.15) is 22.3 Å². The number of nitrogens with zero attached hydrogens (tertiary/aromatic N) is 2. The van der Waals surface area contributed by atoms with Gasteiger partial charge in [-0.2, -0.15) is 0 Å². The van der Waals surface area contributed by atoms with Crippen molar-refractivity contribution in [3.63, 3.8) is 0 Å². The maximum Gasteiger partial charge on any atom is 0.128 e. The SMILES string of the molecule is CN1c2ccccc2P(c2ccccc2)c2cc3c(cc2N(C)c2cc4c(cc2[P+](C)(c2ccccc2)c2ccccc21)C=CC4)C=CC3. The lowest BCUT2D eigenvalue weighted by atomic mass is 10.1. The molecule has 4 heteroatoms. The van der Waals surface area contributed by atoms with Crippen LogP contribution in [0.15, 0.2) is 146 Å². The van der Waals surface area contributed by atoms with Crippen LogP contribution in [0.5, 0.6) is 0 Å². The zero-order valence-corrected chi connectivity index (χ0v) is 30.0. The fraction of sp³-hybridized carbons (Fsp3) is 0.111. The summed E-state index contributed by atoms with van der Waals surface area (Å²) in [6.45, 7) is 2.55. The summed E-state index contributed by atoms with van der Waals surface area (Å²) in [6.07, 6.45) is 11.2. The molecule has 6 aromatic rings. The first kappa shape index (κ1) is 30.3. The number of rotatable bonds is 2. The number of benzene rings is 6. The van der Waals surface area contributed by atoms with E-state index in [1.807, 2.05) is 0 Å². The monoisotopic (exact) mass is 669 g/mol. The van der Waals surface area contributed by atoms with E-state index in [2.05, 4.69) is 188 Å². The molecule has 2 aliphatic carbocycles. The Labute approximate surface area is 292 Å². The van der Waals surface area contributed by atoms with E-state index in [4.69, 9.17) is 0 Å². The highest BCUT2D eigenvalue weighted by atomic mass is 31.2. The summed E-state index contributed by atoms with van der Waals surface area (Å²) in [5.41, 5.74) is 10.6. The molecule has 6 aromatic carbocycles. The van der Waals surface area contributed by atoms with Gasteiger partial charge in [-0.15, -0.1) is 0 Å². The Kier molecular flexibility index (Phi) is 7.42. The van der Waals surface area contributed by atoms with E-state index in [9.17, 15) is 0 Å². The summed E-state index contributed by atoms with van der Waals surface area (Å²) < 4.78 is 0. The van der Waals surface area contributed by atoms with Gasteiger partial charge in [-0.1, -0.05) is 103 Å². The number of allylic oxidation sites excluding steroid dienone is 2. The molecule has 0 radical (unpaired) electrons. The molecule has 1 aliphatic heterocycles. The lowest BCUT2D eigenvalue weighted by Gasteiger charge is -2.36. The number of hydrogen-bond donors (Lipinski definition) is 0. The summed E-state index contributed by atoms with van der Waals surface area (Å²) in [4.78, 5) is 5.03. The molecule has 0 fully saturated rings. The predicted octanol–water partition coefficient (Wildman–Crippen LogP) is 8.36. The van der Waals surface area contributed by atoms with E-state index in [1.54, 1.807) is 0 Å². The Morgan fingerprint density at radius 2 is 1.10 bits per heavy atom. The van der Waals surface area contributed by atoms with Crippen molar-refractivity contribution in [1.82, 2.24) is 0 Å². The molecule has 1 heterocycles. The van der Waals surface area contributed by atoms with E-state index in [0.29, 0.717) is 0 Å². The van der Waals surface area contributed by atoms with Crippen LogP contribution in [0.25, 0.3) is 12.2 Å². The van der Waals surface area contributed by atoms with Crippen LogP contribution in [-0.4, -0.2) is 20.8 Å². The molecule has 0 saturated carbocycles. The van der Waals surface area contributed by atoms with E-state index >= 15 is 0 Å². The van der Waals surface area contributed by atoms with Gasteiger partial charge in [0.25, 0.3) is 0 Å². The van der Waals surface area contributed by atoms with Gasteiger partial charge < -0.3 is 9.80 Å². The van der Waals surface area contributed by atoms with Crippen molar-refractivity contribution in [2.75, 3.05) is 30.6 Å². The third-order valence-corrected chi connectivity index (χ3v) is 17.2. The van der Waals surface area contributed by atoms with Crippen LogP contribution in [0.3, 0.4) is 0 Å². The number of hydrogen-bond acceptors (Lipinski definition) is 2. The maximum absolute atomic E-state index is 2.55. The minimum absolute atomic E-state index is 0.917. The smallest absolute Gasteiger partial charge is 0.128 e. The normalized spacial score (nSPS) is 18.8. The second-order valence-corrected chi connectivity index (χ2v) is 19.0. The van der Waals surface area contributed by atoms with E-state index in [1.165, 1.54) is 76.8 Å². The fourth-order valence-electron chi connectivity index (χ4n) is 8.08. The molecular formula is C45H39N2P2+. The highest BCUT2D eigenvalue weighted by molar-refractivity contribution is 7.95. The summed E-state index contributed by atoms with van der Waals surface area (Å²) >= 11 is 0. The molecular weight excluding hydrogens is 630 g/mol. The van der Waals surface area contributed by atoms with E-state index < -0.39 is 15.2 Å². The highest BCUT2D eigenvalue weighted by Gasteiger charge is 2.46. The molecule has 0 bridgehead atoms. The van der Waals surface area contributed by atoms with Crippen molar-refractivity contribution >= 4 is 81.9 Å². The van der Waals surface area contributed by atoms with Crippen LogP contribution >= 0.6 is 15.2 Å². The third kappa shape index (κ3) is 4.85. The molecule has 2 atom stereocenters. The van der Waals surface area contributed by atoms with Gasteiger partial charge in [0.05, 0.1) is 18.0 Å². The minimum atomic E-state index is -2.19. The quantitative estimate of drug-likeness (QED) is 0.171. The largest absolute Gasteiger partial charge is 0.341 e. The second kappa shape index (κ2) is 12.0. The van der Waals surface area contributed by atoms with Crippen molar-refractivity contribution in [3.05, 3.63) is 168 Å². The van der Waals surface area contributed by atoms with Crippen LogP contribution in [-0.2, 0) is 12.8 Å². The Bertz CT molecular complexity index is 2290. The molecule has 0 N–H and O–H groups in total. The van der Waals surface area contributed by atoms with Crippen LogP contribution < -0.4 is 41.6 Å².